The first-order valence-corrected chi connectivity index (χ1v) is 8.70. The maximum Gasteiger partial charge on any atom is 0.230 e. The smallest absolute Gasteiger partial charge is 0.230 e. The summed E-state index contributed by atoms with van der Waals surface area (Å²) in [5, 5.41) is 16.8. The second-order valence-electron chi connectivity index (χ2n) is 7.12. The second-order valence-corrected chi connectivity index (χ2v) is 7.12. The van der Waals surface area contributed by atoms with Crippen LogP contribution in [0, 0.1) is 6.92 Å². The van der Waals surface area contributed by atoms with Crippen LogP contribution >= 0.6 is 0 Å². The SMILES string of the molecule is Cc1nnc(CN(C)C2CCN(Cc3nnc(C4CC4)o3)C2)n1C. The molecule has 2 fully saturated rings. The Morgan fingerprint density at radius 2 is 2.00 bits per heavy atom. The van der Waals surface area contributed by atoms with Gasteiger partial charge < -0.3 is 8.98 Å². The molecule has 0 radical (unpaired) electrons. The Hall–Kier alpha value is -1.80. The molecule has 1 aliphatic heterocycles. The molecule has 3 heterocycles. The monoisotopic (exact) mass is 331 g/mol. The maximum absolute atomic E-state index is 5.78. The molecule has 1 atom stereocenters. The average Bonchev–Trinajstić information content (AvgIpc) is 2.99. The van der Waals surface area contributed by atoms with Crippen molar-refractivity contribution in [3.63, 3.8) is 0 Å². The molecular formula is C16H25N7O. The predicted octanol–water partition coefficient (Wildman–Crippen LogP) is 1.09. The second kappa shape index (κ2) is 6.25. The van der Waals surface area contributed by atoms with Crippen LogP contribution in [0.25, 0.3) is 0 Å². The van der Waals surface area contributed by atoms with Crippen molar-refractivity contribution < 1.29 is 4.42 Å². The van der Waals surface area contributed by atoms with Gasteiger partial charge in [0.15, 0.2) is 0 Å². The number of hydrogen-bond acceptors (Lipinski definition) is 7. The highest BCUT2D eigenvalue weighted by Crippen LogP contribution is 2.39. The van der Waals surface area contributed by atoms with Crippen molar-refractivity contribution in [2.45, 2.75) is 51.2 Å². The summed E-state index contributed by atoms with van der Waals surface area (Å²) in [5.41, 5.74) is 0. The van der Waals surface area contributed by atoms with Crippen LogP contribution < -0.4 is 0 Å². The zero-order valence-electron chi connectivity index (χ0n) is 14.6. The van der Waals surface area contributed by atoms with Gasteiger partial charge in [-0.25, -0.2) is 0 Å². The first-order chi connectivity index (χ1) is 11.6. The summed E-state index contributed by atoms with van der Waals surface area (Å²) in [6.45, 7) is 5.64. The molecule has 0 aromatic carbocycles. The molecule has 0 N–H and O–H groups in total. The van der Waals surface area contributed by atoms with Gasteiger partial charge in [0.1, 0.15) is 11.6 Å². The van der Waals surface area contributed by atoms with E-state index in [9.17, 15) is 0 Å². The largest absolute Gasteiger partial charge is 0.424 e. The molecule has 130 valence electrons. The molecular weight excluding hydrogens is 306 g/mol. The van der Waals surface area contributed by atoms with Gasteiger partial charge >= 0.3 is 0 Å². The van der Waals surface area contributed by atoms with E-state index in [4.69, 9.17) is 4.42 Å². The molecule has 1 saturated carbocycles. The molecule has 1 aliphatic carbocycles. The number of nitrogens with zero attached hydrogens (tertiary/aromatic N) is 7. The Balaban J connectivity index is 1.31. The molecule has 2 aromatic heterocycles. The van der Waals surface area contributed by atoms with Crippen LogP contribution in [0.5, 0.6) is 0 Å². The van der Waals surface area contributed by atoms with Gasteiger partial charge in [0, 0.05) is 32.1 Å². The van der Waals surface area contributed by atoms with Crippen molar-refractivity contribution in [3.05, 3.63) is 23.4 Å². The topological polar surface area (TPSA) is 76.1 Å². The highest BCUT2D eigenvalue weighted by atomic mass is 16.4. The van der Waals surface area contributed by atoms with Crippen molar-refractivity contribution in [1.29, 1.82) is 0 Å². The fraction of sp³-hybridized carbons (Fsp3) is 0.750. The predicted molar refractivity (Wildman–Crippen MR) is 87.2 cm³/mol. The molecule has 1 unspecified atom stereocenters. The Labute approximate surface area is 141 Å². The van der Waals surface area contributed by atoms with Gasteiger partial charge in [-0.1, -0.05) is 0 Å². The van der Waals surface area contributed by atoms with Crippen molar-refractivity contribution in [3.8, 4) is 0 Å². The molecule has 2 aromatic rings. The first-order valence-electron chi connectivity index (χ1n) is 8.70. The number of likely N-dealkylation sites (N-methyl/N-ethyl adjacent to an activating group) is 1. The lowest BCUT2D eigenvalue weighted by Crippen LogP contribution is -2.34. The molecule has 2 aliphatic rings. The standard InChI is InChI=1S/C16H25N7O/c1-11-17-18-14(22(11)3)9-21(2)13-6-7-23(8-13)10-15-19-20-16(24-15)12-4-5-12/h12-13H,4-10H2,1-3H3. The highest BCUT2D eigenvalue weighted by Gasteiger charge is 2.31. The van der Waals surface area contributed by atoms with Gasteiger partial charge in [0.2, 0.25) is 11.8 Å². The number of hydrogen-bond donors (Lipinski definition) is 0. The van der Waals surface area contributed by atoms with Crippen LogP contribution in [0.3, 0.4) is 0 Å². The first kappa shape index (κ1) is 15.7. The summed E-state index contributed by atoms with van der Waals surface area (Å²) in [6.07, 6.45) is 3.54. The minimum absolute atomic E-state index is 0.521. The number of aryl methyl sites for hydroxylation is 1. The Morgan fingerprint density at radius 3 is 2.71 bits per heavy atom. The minimum Gasteiger partial charge on any atom is -0.424 e. The van der Waals surface area contributed by atoms with Crippen molar-refractivity contribution in [2.24, 2.45) is 7.05 Å². The van der Waals surface area contributed by atoms with Crippen molar-refractivity contribution >= 4 is 0 Å². The van der Waals surface area contributed by atoms with E-state index < -0.39 is 0 Å². The zero-order chi connectivity index (χ0) is 16.7. The van der Waals surface area contributed by atoms with Crippen LogP contribution in [0.1, 0.15) is 48.6 Å². The number of likely N-dealkylation sites (tertiary alicyclic amines) is 1. The van der Waals surface area contributed by atoms with Gasteiger partial charge in [-0.2, -0.15) is 0 Å². The Morgan fingerprint density at radius 1 is 1.17 bits per heavy atom. The Bertz CT molecular complexity index is 705. The summed E-state index contributed by atoms with van der Waals surface area (Å²) in [7, 11) is 4.18. The summed E-state index contributed by atoms with van der Waals surface area (Å²) in [4.78, 5) is 4.76. The van der Waals surface area contributed by atoms with E-state index in [0.29, 0.717) is 12.0 Å². The summed E-state index contributed by atoms with van der Waals surface area (Å²) in [6, 6.07) is 0.521. The molecule has 24 heavy (non-hydrogen) atoms. The lowest BCUT2D eigenvalue weighted by atomic mass is 10.2. The summed E-state index contributed by atoms with van der Waals surface area (Å²) < 4.78 is 7.84. The van der Waals surface area contributed by atoms with Gasteiger partial charge in [0.25, 0.3) is 0 Å². The maximum atomic E-state index is 5.78. The fourth-order valence-corrected chi connectivity index (χ4v) is 3.27. The van der Waals surface area contributed by atoms with Crippen LogP contribution in [-0.4, -0.2) is 60.9 Å². The molecule has 1 saturated heterocycles. The van der Waals surface area contributed by atoms with Crippen LogP contribution in [0.4, 0.5) is 0 Å². The summed E-state index contributed by atoms with van der Waals surface area (Å²) in [5.74, 6) is 4.08. The molecule has 0 bridgehead atoms. The molecule has 8 heteroatoms. The van der Waals surface area contributed by atoms with Gasteiger partial charge in [0.05, 0.1) is 13.1 Å². The quantitative estimate of drug-likeness (QED) is 0.784. The third kappa shape index (κ3) is 3.21. The van der Waals surface area contributed by atoms with E-state index in [1.807, 2.05) is 14.0 Å². The normalized spacial score (nSPS) is 21.9. The van der Waals surface area contributed by atoms with E-state index in [2.05, 4.69) is 41.8 Å². The number of rotatable bonds is 6. The van der Waals surface area contributed by atoms with E-state index >= 15 is 0 Å². The van der Waals surface area contributed by atoms with Crippen LogP contribution in [-0.2, 0) is 20.1 Å². The molecule has 0 spiro atoms. The third-order valence-electron chi connectivity index (χ3n) is 5.21. The van der Waals surface area contributed by atoms with Gasteiger partial charge in [-0.15, -0.1) is 20.4 Å². The van der Waals surface area contributed by atoms with Crippen LogP contribution in [0.2, 0.25) is 0 Å². The van der Waals surface area contributed by atoms with E-state index in [0.717, 1.165) is 56.0 Å². The Kier molecular flexibility index (Phi) is 4.09. The van der Waals surface area contributed by atoms with E-state index in [-0.39, 0.29) is 0 Å². The average molecular weight is 331 g/mol. The zero-order valence-corrected chi connectivity index (χ0v) is 14.6. The third-order valence-corrected chi connectivity index (χ3v) is 5.21. The molecule has 0 amide bonds. The lowest BCUT2D eigenvalue weighted by molar-refractivity contribution is 0.210. The molecule has 8 nitrogen and oxygen atoms in total. The minimum atomic E-state index is 0.521. The van der Waals surface area contributed by atoms with E-state index in [1.54, 1.807) is 0 Å². The lowest BCUT2D eigenvalue weighted by Gasteiger charge is -2.23. The fourth-order valence-electron chi connectivity index (χ4n) is 3.27. The van der Waals surface area contributed by atoms with Gasteiger partial charge in [-0.05, 0) is 33.2 Å². The van der Waals surface area contributed by atoms with Crippen LogP contribution in [0.15, 0.2) is 4.42 Å². The van der Waals surface area contributed by atoms with Crippen molar-refractivity contribution in [2.75, 3.05) is 20.1 Å². The van der Waals surface area contributed by atoms with E-state index in [1.165, 1.54) is 12.8 Å². The van der Waals surface area contributed by atoms with Gasteiger partial charge in [-0.3, -0.25) is 9.80 Å². The summed E-state index contributed by atoms with van der Waals surface area (Å²) >= 11 is 0. The van der Waals surface area contributed by atoms with Crippen molar-refractivity contribution in [1.82, 2.24) is 34.8 Å². The number of aromatic nitrogens is 5. The highest BCUT2D eigenvalue weighted by molar-refractivity contribution is 5.00. The molecule has 4 rings (SSSR count).